The number of hydrogen-bond acceptors (Lipinski definition) is 1. The highest BCUT2D eigenvalue weighted by Crippen LogP contribution is 2.18. The number of carbonyl (C=O) groups excluding carboxylic acids is 1. The van der Waals surface area contributed by atoms with Crippen LogP contribution in [0.1, 0.15) is 19.4 Å². The van der Waals surface area contributed by atoms with E-state index in [9.17, 15) is 4.79 Å². The molecule has 1 amide bonds. The van der Waals surface area contributed by atoms with Crippen molar-refractivity contribution in [1.82, 2.24) is 4.90 Å². The molecule has 2 nitrogen and oxygen atoms in total. The van der Waals surface area contributed by atoms with Gasteiger partial charge in [0, 0.05) is 24.5 Å². The number of rotatable bonds is 4. The molecular formula is C13H16BrNO. The van der Waals surface area contributed by atoms with Crippen molar-refractivity contribution < 1.29 is 4.79 Å². The van der Waals surface area contributed by atoms with E-state index in [1.165, 1.54) is 0 Å². The Bertz CT molecular complexity index is 401. The summed E-state index contributed by atoms with van der Waals surface area (Å²) in [6, 6.07) is 7.93. The van der Waals surface area contributed by atoms with E-state index in [-0.39, 0.29) is 5.91 Å². The molecule has 0 bridgehead atoms. The molecule has 3 heteroatoms. The van der Waals surface area contributed by atoms with Crippen LogP contribution in [-0.2, 0) is 11.3 Å². The van der Waals surface area contributed by atoms with E-state index in [2.05, 4.69) is 22.5 Å². The lowest BCUT2D eigenvalue weighted by Gasteiger charge is -2.21. The fourth-order valence-electron chi connectivity index (χ4n) is 1.44. The maximum absolute atomic E-state index is 11.5. The van der Waals surface area contributed by atoms with Crippen LogP contribution in [0.4, 0.5) is 0 Å². The normalized spacial score (nSPS) is 9.94. The third kappa shape index (κ3) is 3.81. The van der Waals surface area contributed by atoms with Gasteiger partial charge in [-0.3, -0.25) is 4.79 Å². The Labute approximate surface area is 105 Å². The predicted molar refractivity (Wildman–Crippen MR) is 70.0 cm³/mol. The summed E-state index contributed by atoms with van der Waals surface area (Å²) in [5.74, 6) is 0.0683. The van der Waals surface area contributed by atoms with E-state index in [1.807, 2.05) is 31.2 Å². The molecule has 1 aromatic carbocycles. The summed E-state index contributed by atoms with van der Waals surface area (Å²) in [5, 5.41) is 0. The molecule has 86 valence electrons. The molecule has 0 aromatic heterocycles. The van der Waals surface area contributed by atoms with Crippen molar-refractivity contribution in [2.45, 2.75) is 20.4 Å². The van der Waals surface area contributed by atoms with Crippen molar-refractivity contribution in [3.63, 3.8) is 0 Å². The van der Waals surface area contributed by atoms with Crippen molar-refractivity contribution in [2.24, 2.45) is 0 Å². The zero-order valence-corrected chi connectivity index (χ0v) is 11.3. The molecule has 0 unspecified atom stereocenters. The van der Waals surface area contributed by atoms with Gasteiger partial charge < -0.3 is 4.90 Å². The van der Waals surface area contributed by atoms with Gasteiger partial charge in [0.1, 0.15) is 0 Å². The molecule has 0 spiro atoms. The van der Waals surface area contributed by atoms with Gasteiger partial charge >= 0.3 is 0 Å². The van der Waals surface area contributed by atoms with E-state index in [4.69, 9.17) is 0 Å². The second-order valence-electron chi connectivity index (χ2n) is 3.92. The second kappa shape index (κ2) is 5.85. The fourth-order valence-corrected chi connectivity index (χ4v) is 1.85. The minimum absolute atomic E-state index is 0.0683. The Morgan fingerprint density at radius 2 is 2.00 bits per heavy atom. The zero-order valence-electron chi connectivity index (χ0n) is 9.66. The van der Waals surface area contributed by atoms with Crippen LogP contribution in [0.5, 0.6) is 0 Å². The van der Waals surface area contributed by atoms with Crippen LogP contribution in [0.2, 0.25) is 0 Å². The Morgan fingerprint density at radius 1 is 1.38 bits per heavy atom. The van der Waals surface area contributed by atoms with Crippen molar-refractivity contribution in [3.05, 3.63) is 46.5 Å². The summed E-state index contributed by atoms with van der Waals surface area (Å²) in [6.45, 7) is 8.57. The monoisotopic (exact) mass is 281 g/mol. The van der Waals surface area contributed by atoms with Gasteiger partial charge in [-0.15, -0.1) is 0 Å². The summed E-state index contributed by atoms with van der Waals surface area (Å²) in [6.07, 6.45) is 0. The predicted octanol–water partition coefficient (Wildman–Crippen LogP) is 3.37. The lowest BCUT2D eigenvalue weighted by Crippen LogP contribution is -2.29. The smallest absolute Gasteiger partial charge is 0.220 e. The first-order chi connectivity index (χ1) is 7.50. The maximum Gasteiger partial charge on any atom is 0.220 e. The van der Waals surface area contributed by atoms with Gasteiger partial charge in [0.25, 0.3) is 0 Å². The summed E-state index contributed by atoms with van der Waals surface area (Å²) >= 11 is 3.48. The van der Waals surface area contributed by atoms with Crippen molar-refractivity contribution >= 4 is 21.8 Å². The van der Waals surface area contributed by atoms with Crippen LogP contribution in [0.3, 0.4) is 0 Å². The SMILES string of the molecule is C=C(C)CN(Cc1ccccc1Br)C(C)=O. The fraction of sp³-hybridized carbons (Fsp3) is 0.308. The van der Waals surface area contributed by atoms with Crippen LogP contribution in [0.15, 0.2) is 40.9 Å². The third-order valence-corrected chi connectivity index (χ3v) is 3.00. The zero-order chi connectivity index (χ0) is 12.1. The molecule has 1 rings (SSSR count). The molecule has 0 saturated carbocycles. The molecule has 0 aliphatic carbocycles. The lowest BCUT2D eigenvalue weighted by atomic mass is 10.2. The molecule has 0 atom stereocenters. The standard InChI is InChI=1S/C13H16BrNO/c1-10(2)8-15(11(3)16)9-12-6-4-5-7-13(12)14/h4-7H,1,8-9H2,2-3H3. The number of nitrogens with zero attached hydrogens (tertiary/aromatic N) is 1. The van der Waals surface area contributed by atoms with Gasteiger partial charge in [-0.25, -0.2) is 0 Å². The van der Waals surface area contributed by atoms with Crippen molar-refractivity contribution in [2.75, 3.05) is 6.54 Å². The second-order valence-corrected chi connectivity index (χ2v) is 4.78. The van der Waals surface area contributed by atoms with E-state index in [1.54, 1.807) is 11.8 Å². The highest BCUT2D eigenvalue weighted by molar-refractivity contribution is 9.10. The number of hydrogen-bond donors (Lipinski definition) is 0. The van der Waals surface area contributed by atoms with Crippen molar-refractivity contribution in [3.8, 4) is 0 Å². The summed E-state index contributed by atoms with van der Waals surface area (Å²) in [7, 11) is 0. The molecule has 0 saturated heterocycles. The Morgan fingerprint density at radius 3 is 2.50 bits per heavy atom. The van der Waals surface area contributed by atoms with Gasteiger partial charge in [0.05, 0.1) is 0 Å². The van der Waals surface area contributed by atoms with Gasteiger partial charge in [0.15, 0.2) is 0 Å². The largest absolute Gasteiger partial charge is 0.335 e. The first kappa shape index (κ1) is 13.0. The first-order valence-electron chi connectivity index (χ1n) is 5.14. The van der Waals surface area contributed by atoms with Crippen molar-refractivity contribution in [1.29, 1.82) is 0 Å². The van der Waals surface area contributed by atoms with E-state index >= 15 is 0 Å². The quantitative estimate of drug-likeness (QED) is 0.775. The Kier molecular flexibility index (Phi) is 4.74. The molecule has 0 radical (unpaired) electrons. The van der Waals surface area contributed by atoms with Gasteiger partial charge in [-0.05, 0) is 18.6 Å². The maximum atomic E-state index is 11.5. The highest BCUT2D eigenvalue weighted by atomic mass is 79.9. The van der Waals surface area contributed by atoms with Gasteiger partial charge in [-0.2, -0.15) is 0 Å². The molecule has 0 aliphatic rings. The highest BCUT2D eigenvalue weighted by Gasteiger charge is 2.10. The van der Waals surface area contributed by atoms with Crippen LogP contribution >= 0.6 is 15.9 Å². The molecule has 1 aromatic rings. The minimum Gasteiger partial charge on any atom is -0.335 e. The average Bonchev–Trinajstić information content (AvgIpc) is 2.19. The van der Waals surface area contributed by atoms with Gasteiger partial charge in [-0.1, -0.05) is 46.3 Å². The lowest BCUT2D eigenvalue weighted by molar-refractivity contribution is -0.129. The summed E-state index contributed by atoms with van der Waals surface area (Å²) in [4.78, 5) is 13.2. The first-order valence-corrected chi connectivity index (χ1v) is 5.93. The topological polar surface area (TPSA) is 20.3 Å². The number of amides is 1. The Hall–Kier alpha value is -1.09. The minimum atomic E-state index is 0.0683. The molecule has 16 heavy (non-hydrogen) atoms. The number of benzene rings is 1. The molecule has 0 aliphatic heterocycles. The summed E-state index contributed by atoms with van der Waals surface area (Å²) < 4.78 is 1.03. The summed E-state index contributed by atoms with van der Waals surface area (Å²) in [5.41, 5.74) is 2.10. The van der Waals surface area contributed by atoms with Crippen LogP contribution in [-0.4, -0.2) is 17.4 Å². The van der Waals surface area contributed by atoms with Crippen LogP contribution < -0.4 is 0 Å². The molecule has 0 fully saturated rings. The molecule has 0 N–H and O–H groups in total. The van der Waals surface area contributed by atoms with Gasteiger partial charge in [0.2, 0.25) is 5.91 Å². The average molecular weight is 282 g/mol. The third-order valence-electron chi connectivity index (χ3n) is 2.23. The number of halogens is 1. The Balaban J connectivity index is 2.80. The van der Waals surface area contributed by atoms with Crippen LogP contribution in [0, 0.1) is 0 Å². The molecule has 0 heterocycles. The molecular weight excluding hydrogens is 266 g/mol. The van der Waals surface area contributed by atoms with E-state index in [0.29, 0.717) is 13.1 Å². The number of carbonyl (C=O) groups is 1. The van der Waals surface area contributed by atoms with E-state index in [0.717, 1.165) is 15.6 Å². The van der Waals surface area contributed by atoms with E-state index < -0.39 is 0 Å². The van der Waals surface area contributed by atoms with Crippen LogP contribution in [0.25, 0.3) is 0 Å².